The van der Waals surface area contributed by atoms with Crippen LogP contribution in [0.2, 0.25) is 0 Å². The molecule has 0 aromatic carbocycles. The van der Waals surface area contributed by atoms with E-state index in [9.17, 15) is 4.79 Å². The third kappa shape index (κ3) is 2.22. The van der Waals surface area contributed by atoms with Crippen molar-refractivity contribution in [3.63, 3.8) is 0 Å². The number of rotatable bonds is 3. The number of ketones is 1. The Hall–Kier alpha value is -2.10. The van der Waals surface area contributed by atoms with Gasteiger partial charge in [-0.05, 0) is 37.5 Å². The van der Waals surface area contributed by atoms with Gasteiger partial charge in [0.1, 0.15) is 0 Å². The summed E-state index contributed by atoms with van der Waals surface area (Å²) in [5, 5.41) is 0. The molecule has 0 atom stereocenters. The maximum Gasteiger partial charge on any atom is 0.213 e. The summed E-state index contributed by atoms with van der Waals surface area (Å²) in [5.41, 5.74) is 4.36. The van der Waals surface area contributed by atoms with Gasteiger partial charge in [0, 0.05) is 42.2 Å². The molecule has 4 heteroatoms. The van der Waals surface area contributed by atoms with E-state index in [1.165, 1.54) is 5.69 Å². The second kappa shape index (κ2) is 5.12. The fourth-order valence-corrected chi connectivity index (χ4v) is 2.85. The maximum absolute atomic E-state index is 12.0. The highest BCUT2D eigenvalue weighted by Gasteiger charge is 2.22. The number of carbonyl (C=O) groups excluding carboxylic acids is 1. The van der Waals surface area contributed by atoms with Gasteiger partial charge in [0.05, 0.1) is 7.11 Å². The lowest BCUT2D eigenvalue weighted by Crippen LogP contribution is -2.14. The molecular formula is C16H18N2O2. The van der Waals surface area contributed by atoms with Crippen molar-refractivity contribution in [2.75, 3.05) is 7.11 Å². The van der Waals surface area contributed by atoms with Crippen molar-refractivity contribution in [1.82, 2.24) is 9.55 Å². The van der Waals surface area contributed by atoms with Crippen molar-refractivity contribution in [3.05, 3.63) is 46.9 Å². The van der Waals surface area contributed by atoms with Gasteiger partial charge in [0.2, 0.25) is 5.88 Å². The molecule has 0 saturated carbocycles. The van der Waals surface area contributed by atoms with Crippen LogP contribution in [0.5, 0.6) is 5.88 Å². The van der Waals surface area contributed by atoms with E-state index < -0.39 is 0 Å². The van der Waals surface area contributed by atoms with E-state index in [1.807, 2.05) is 18.2 Å². The molecule has 0 aliphatic heterocycles. The minimum atomic E-state index is 0.278. The molecule has 0 radical (unpaired) electrons. The van der Waals surface area contributed by atoms with Gasteiger partial charge in [-0.25, -0.2) is 4.98 Å². The van der Waals surface area contributed by atoms with Crippen molar-refractivity contribution < 1.29 is 9.53 Å². The van der Waals surface area contributed by atoms with Crippen molar-refractivity contribution in [2.24, 2.45) is 0 Å². The smallest absolute Gasteiger partial charge is 0.213 e. The first-order valence-electron chi connectivity index (χ1n) is 6.90. The molecule has 104 valence electrons. The summed E-state index contributed by atoms with van der Waals surface area (Å²) in [7, 11) is 1.62. The molecule has 0 unspecified atom stereocenters. The zero-order valence-electron chi connectivity index (χ0n) is 11.8. The first-order chi connectivity index (χ1) is 9.69. The van der Waals surface area contributed by atoms with Gasteiger partial charge in [-0.3, -0.25) is 4.79 Å². The van der Waals surface area contributed by atoms with Crippen LogP contribution in [-0.4, -0.2) is 22.4 Å². The van der Waals surface area contributed by atoms with Crippen molar-refractivity contribution >= 4 is 5.78 Å². The molecule has 2 heterocycles. The predicted molar refractivity (Wildman–Crippen MR) is 76.3 cm³/mol. The number of pyridine rings is 1. The van der Waals surface area contributed by atoms with Crippen molar-refractivity contribution in [2.45, 2.75) is 32.7 Å². The number of nitrogens with zero attached hydrogens (tertiary/aromatic N) is 2. The molecule has 0 fully saturated rings. The molecule has 4 nitrogen and oxygen atoms in total. The van der Waals surface area contributed by atoms with Gasteiger partial charge < -0.3 is 9.30 Å². The molecule has 0 bridgehead atoms. The molecule has 1 aliphatic rings. The second-order valence-electron chi connectivity index (χ2n) is 5.22. The Morgan fingerprint density at radius 1 is 1.35 bits per heavy atom. The number of aromatic nitrogens is 2. The highest BCUT2D eigenvalue weighted by atomic mass is 16.5. The Balaban J connectivity index is 1.96. The van der Waals surface area contributed by atoms with Crippen LogP contribution >= 0.6 is 0 Å². The molecular weight excluding hydrogens is 252 g/mol. The summed E-state index contributed by atoms with van der Waals surface area (Å²) in [6.07, 6.45) is 4.37. The van der Waals surface area contributed by atoms with E-state index in [1.54, 1.807) is 13.3 Å². The van der Waals surface area contributed by atoms with E-state index in [2.05, 4.69) is 16.5 Å². The monoisotopic (exact) mass is 270 g/mol. The molecule has 0 spiro atoms. The Morgan fingerprint density at radius 2 is 2.20 bits per heavy atom. The molecule has 0 amide bonds. The van der Waals surface area contributed by atoms with Gasteiger partial charge in [-0.1, -0.05) is 0 Å². The number of hydrogen-bond acceptors (Lipinski definition) is 3. The highest BCUT2D eigenvalue weighted by molar-refractivity contribution is 5.98. The number of methoxy groups -OCH3 is 1. The zero-order chi connectivity index (χ0) is 14.1. The lowest BCUT2D eigenvalue weighted by molar-refractivity contribution is 0.0972. The topological polar surface area (TPSA) is 44.1 Å². The number of carbonyl (C=O) groups is 1. The van der Waals surface area contributed by atoms with Crippen LogP contribution in [0.25, 0.3) is 0 Å². The van der Waals surface area contributed by atoms with E-state index in [4.69, 9.17) is 4.74 Å². The van der Waals surface area contributed by atoms with Gasteiger partial charge in [0.15, 0.2) is 5.78 Å². The van der Waals surface area contributed by atoms with Crippen molar-refractivity contribution in [1.29, 1.82) is 0 Å². The summed E-state index contributed by atoms with van der Waals surface area (Å²) in [5.74, 6) is 0.901. The van der Waals surface area contributed by atoms with Gasteiger partial charge in [-0.2, -0.15) is 0 Å². The van der Waals surface area contributed by atoms with Crippen molar-refractivity contribution in [3.8, 4) is 5.88 Å². The Bertz CT molecular complexity index is 658. The molecule has 2 aromatic heterocycles. The number of fused-ring (bicyclic) bond motifs is 1. The summed E-state index contributed by atoms with van der Waals surface area (Å²) in [4.78, 5) is 16.1. The Kier molecular flexibility index (Phi) is 3.30. The maximum atomic E-state index is 12.0. The van der Waals surface area contributed by atoms with Crippen LogP contribution in [0.15, 0.2) is 24.4 Å². The second-order valence-corrected chi connectivity index (χ2v) is 5.22. The van der Waals surface area contributed by atoms with E-state index >= 15 is 0 Å². The lowest BCUT2D eigenvalue weighted by atomic mass is 9.96. The fourth-order valence-electron chi connectivity index (χ4n) is 2.85. The first kappa shape index (κ1) is 12.9. The highest BCUT2D eigenvalue weighted by Crippen LogP contribution is 2.26. The minimum absolute atomic E-state index is 0.278. The molecule has 20 heavy (non-hydrogen) atoms. The number of hydrogen-bond donors (Lipinski definition) is 0. The number of ether oxygens (including phenoxy) is 1. The number of aryl methyl sites for hydroxylation is 1. The van der Waals surface area contributed by atoms with Gasteiger partial charge in [-0.15, -0.1) is 0 Å². The van der Waals surface area contributed by atoms with E-state index in [-0.39, 0.29) is 5.78 Å². The molecule has 2 aromatic rings. The summed E-state index contributed by atoms with van der Waals surface area (Å²) >= 11 is 0. The lowest BCUT2D eigenvalue weighted by Gasteiger charge is -2.16. The quantitative estimate of drug-likeness (QED) is 0.861. The summed E-state index contributed by atoms with van der Waals surface area (Å²) in [6, 6.07) is 5.95. The van der Waals surface area contributed by atoms with Crippen LogP contribution < -0.4 is 4.74 Å². The third-order valence-electron chi connectivity index (χ3n) is 3.88. The average molecular weight is 270 g/mol. The Labute approximate surface area is 118 Å². The SMILES string of the molecule is COc1cc(Cn2c(C)cc3c2CCCC3=O)ccn1. The van der Waals surface area contributed by atoms with Crippen LogP contribution in [0.3, 0.4) is 0 Å². The predicted octanol–water partition coefficient (Wildman–Crippen LogP) is 2.77. The van der Waals surface area contributed by atoms with E-state index in [0.29, 0.717) is 12.3 Å². The summed E-state index contributed by atoms with van der Waals surface area (Å²) in [6.45, 7) is 2.82. The average Bonchev–Trinajstić information content (AvgIpc) is 2.78. The van der Waals surface area contributed by atoms with Gasteiger partial charge >= 0.3 is 0 Å². The molecule has 3 rings (SSSR count). The standard InChI is InChI=1S/C16H18N2O2/c1-11-8-13-14(4-3-5-15(13)19)18(11)10-12-6-7-17-16(9-12)20-2/h6-9H,3-5,10H2,1-2H3. The van der Waals surface area contributed by atoms with Crippen LogP contribution in [0, 0.1) is 6.92 Å². The van der Waals surface area contributed by atoms with E-state index in [0.717, 1.165) is 36.2 Å². The van der Waals surface area contributed by atoms with Crippen LogP contribution in [-0.2, 0) is 13.0 Å². The minimum Gasteiger partial charge on any atom is -0.481 e. The largest absolute Gasteiger partial charge is 0.481 e. The van der Waals surface area contributed by atoms with Crippen LogP contribution in [0.1, 0.15) is 40.2 Å². The molecule has 0 saturated heterocycles. The third-order valence-corrected chi connectivity index (χ3v) is 3.88. The molecule has 0 N–H and O–H groups in total. The van der Waals surface area contributed by atoms with Crippen LogP contribution in [0.4, 0.5) is 0 Å². The Morgan fingerprint density at radius 3 is 3.00 bits per heavy atom. The normalized spacial score (nSPS) is 14.2. The van der Waals surface area contributed by atoms with Gasteiger partial charge in [0.25, 0.3) is 0 Å². The zero-order valence-corrected chi connectivity index (χ0v) is 11.8. The first-order valence-corrected chi connectivity index (χ1v) is 6.90. The fraction of sp³-hybridized carbons (Fsp3) is 0.375. The summed E-state index contributed by atoms with van der Waals surface area (Å²) < 4.78 is 7.40. The molecule has 1 aliphatic carbocycles. The number of Topliss-reactive ketones (excluding diaryl/α,β-unsaturated/α-hetero) is 1.